The Morgan fingerprint density at radius 2 is 0.405 bits per heavy atom. The van der Waals surface area contributed by atoms with E-state index in [4.69, 9.17) is 0 Å². The second-order valence-electron chi connectivity index (χ2n) is 37.8. The molecule has 7 heterocycles. The lowest BCUT2D eigenvalue weighted by molar-refractivity contribution is 1.17. The number of rotatable bonds is 15. The maximum absolute atomic E-state index is 3.68. The van der Waals surface area contributed by atoms with E-state index in [9.17, 15) is 0 Å². The van der Waals surface area contributed by atoms with E-state index in [0.29, 0.717) is 0 Å². The van der Waals surface area contributed by atoms with Gasteiger partial charge in [-0.15, -0.1) is 0 Å². The Hall–Kier alpha value is -18.7. The molecule has 0 aliphatic heterocycles. The van der Waals surface area contributed by atoms with Crippen LogP contribution in [0, 0.1) is 0 Å². The molecule has 0 aliphatic carbocycles. The number of anilines is 8. The molecule has 0 bridgehead atoms. The SMILES string of the molecule is Brc1ccc2c(c1)n(-c1ccccc1)c1c3ccc(Br)cc3n(-c3ccccc3)c21.c1cc(Nc2cccc3ccccc23)cc(-n2c3ccccc3c3ccccc32)c1.c1ccc(-n2c3cc(N(c4cccc(-n5c6ccccc6c6ccccc65)c4)c4cccc5ccccc45)ccc3c3c2c2ccc(N(c4cccc(-n5c6ccccc6c6ccccc65)c4)c4cccc5ccccc45)cc2n3-c2ccccc2)cc1. The summed E-state index contributed by atoms with van der Waals surface area (Å²) in [5.41, 5.74) is 32.9. The first-order chi connectivity index (χ1) is 73.3. The van der Waals surface area contributed by atoms with Gasteiger partial charge in [0.25, 0.3) is 0 Å². The number of hydrogen-bond acceptors (Lipinski definition) is 3. The average Bonchev–Trinajstić information content (AvgIpc) is 1.52. The topological polar surface area (TPSA) is 53.0 Å². The van der Waals surface area contributed by atoms with Crippen LogP contribution in [0.15, 0.2) is 549 Å². The summed E-state index contributed by atoms with van der Waals surface area (Å²) in [6.45, 7) is 0. The highest BCUT2D eigenvalue weighted by atomic mass is 79.9. The first-order valence-corrected chi connectivity index (χ1v) is 51.7. The fourth-order valence-corrected chi connectivity index (χ4v) is 23.9. The molecule has 0 spiro atoms. The van der Waals surface area contributed by atoms with Gasteiger partial charge in [0.15, 0.2) is 0 Å². The van der Waals surface area contributed by atoms with Gasteiger partial charge in [0.1, 0.15) is 0 Å². The van der Waals surface area contributed by atoms with E-state index in [0.717, 1.165) is 127 Å². The van der Waals surface area contributed by atoms with Crippen molar-refractivity contribution in [1.82, 2.24) is 32.0 Å². The summed E-state index contributed by atoms with van der Waals surface area (Å²) in [4.78, 5) is 4.92. The van der Waals surface area contributed by atoms with Crippen LogP contribution < -0.4 is 15.1 Å². The van der Waals surface area contributed by atoms with E-state index in [1.165, 1.54) is 131 Å². The van der Waals surface area contributed by atoms with Crippen LogP contribution in [0.25, 0.3) is 203 Å². The Morgan fingerprint density at radius 3 is 0.757 bits per heavy atom. The van der Waals surface area contributed by atoms with Gasteiger partial charge in [-0.2, -0.15) is 0 Å². The fourth-order valence-electron chi connectivity index (χ4n) is 23.2. The van der Waals surface area contributed by atoms with Crippen molar-refractivity contribution in [3.8, 4) is 39.8 Å². The van der Waals surface area contributed by atoms with Crippen molar-refractivity contribution in [1.29, 1.82) is 0 Å². The standard InChI is InChI=1S/C82H54N6.C28H20N2.C26H16Br2N2/c1-3-27-57(28-4-1)87-79-53-63(83(73-45-19-25-55-23-7-9-35-65(55)73)59-31-21-33-61(51-59)85-75-41-15-11-37-67(75)68-38-12-16-42-76(68)85)47-49-71(79)82-81(87)72-50-48-64(54-80(72)88(82)58-29-5-2-6-30-58)84(74-46-20-26-56-24-8-10-36-66(56)74)60-32-22-34-62(52-60)86-77-43-17-13-39-69(77)70-40-14-18-44-78(70)86;1-2-13-23-20(9-1)10-7-16-26(23)29-21-11-8-12-22(19-21)30-27-17-5-3-14-24(27)25-15-4-6-18-28(25)30;27-17-11-13-21-23(15-17)29(19-7-3-1-4-8-19)25-22-14-12-18(28)16-24(22)30(26(21)25)20-9-5-2-6-10-20/h1-54H;1-19,29H;1-16H. The summed E-state index contributed by atoms with van der Waals surface area (Å²) >= 11 is 7.36. The third-order valence-corrected chi connectivity index (χ3v) is 30.4. The molecule has 7 aromatic heterocycles. The second-order valence-corrected chi connectivity index (χ2v) is 39.7. The van der Waals surface area contributed by atoms with Crippen molar-refractivity contribution in [3.05, 3.63) is 549 Å². The quantitative estimate of drug-likeness (QED) is 0.111. The molecule has 30 rings (SSSR count). The van der Waals surface area contributed by atoms with Crippen molar-refractivity contribution in [2.75, 3.05) is 15.1 Å². The van der Waals surface area contributed by atoms with Crippen LogP contribution in [-0.4, -0.2) is 32.0 Å². The van der Waals surface area contributed by atoms with Crippen LogP contribution in [0.5, 0.6) is 0 Å². The first-order valence-electron chi connectivity index (χ1n) is 50.2. The zero-order valence-electron chi connectivity index (χ0n) is 80.2. The predicted molar refractivity (Wildman–Crippen MR) is 632 cm³/mol. The molecule has 148 heavy (non-hydrogen) atoms. The minimum absolute atomic E-state index is 1.05. The summed E-state index contributed by atoms with van der Waals surface area (Å²) in [6, 6.07) is 195. The van der Waals surface area contributed by atoms with Crippen molar-refractivity contribution in [2.24, 2.45) is 0 Å². The van der Waals surface area contributed by atoms with Crippen LogP contribution >= 0.6 is 31.9 Å². The molecule has 23 aromatic carbocycles. The molecule has 698 valence electrons. The monoisotopic (exact) mass is 2020 g/mol. The van der Waals surface area contributed by atoms with Gasteiger partial charge in [0.05, 0.1) is 88.6 Å². The van der Waals surface area contributed by atoms with E-state index in [1.54, 1.807) is 0 Å². The number of nitrogens with one attached hydrogen (secondary N) is 1. The maximum Gasteiger partial charge on any atom is 0.0803 e. The Kier molecular flexibility index (Phi) is 21.4. The molecule has 0 fully saturated rings. The molecule has 12 heteroatoms. The Balaban J connectivity index is 0.000000141. The third-order valence-electron chi connectivity index (χ3n) is 29.4. The number of nitrogens with zero attached hydrogens (tertiary/aromatic N) is 9. The van der Waals surface area contributed by atoms with Crippen LogP contribution in [-0.2, 0) is 0 Å². The van der Waals surface area contributed by atoms with Gasteiger partial charge in [0.2, 0.25) is 0 Å². The van der Waals surface area contributed by atoms with Crippen molar-refractivity contribution < 1.29 is 0 Å². The van der Waals surface area contributed by atoms with Gasteiger partial charge in [-0.3, -0.25) is 0 Å². The van der Waals surface area contributed by atoms with Gasteiger partial charge in [-0.05, 0) is 247 Å². The van der Waals surface area contributed by atoms with Crippen molar-refractivity contribution in [2.45, 2.75) is 0 Å². The normalized spacial score (nSPS) is 11.7. The average molecular weight is 2020 g/mol. The largest absolute Gasteiger partial charge is 0.355 e. The lowest BCUT2D eigenvalue weighted by atomic mass is 10.1. The van der Waals surface area contributed by atoms with Crippen molar-refractivity contribution in [3.63, 3.8) is 0 Å². The Labute approximate surface area is 869 Å². The molecule has 0 atom stereocenters. The molecule has 0 amide bonds. The Morgan fingerprint density at radius 1 is 0.155 bits per heavy atom. The van der Waals surface area contributed by atoms with Gasteiger partial charge in [-0.25, -0.2) is 0 Å². The van der Waals surface area contributed by atoms with Crippen LogP contribution in [0.4, 0.5) is 45.5 Å². The summed E-state index contributed by atoms with van der Waals surface area (Å²) in [5.74, 6) is 0. The van der Waals surface area contributed by atoms with Gasteiger partial charge in [-0.1, -0.05) is 341 Å². The zero-order chi connectivity index (χ0) is 98.0. The molecule has 0 saturated heterocycles. The van der Waals surface area contributed by atoms with Crippen LogP contribution in [0.2, 0.25) is 0 Å². The summed E-state index contributed by atoms with van der Waals surface area (Å²) < 4.78 is 19.1. The molecule has 10 nitrogen and oxygen atoms in total. The summed E-state index contributed by atoms with van der Waals surface area (Å²) in [6.07, 6.45) is 0. The molecule has 0 saturated carbocycles. The molecule has 0 aliphatic rings. The molecule has 0 unspecified atom stereocenters. The summed E-state index contributed by atoms with van der Waals surface area (Å²) in [7, 11) is 0. The van der Waals surface area contributed by atoms with Crippen molar-refractivity contribution >= 4 is 241 Å². The minimum atomic E-state index is 1.05. The van der Waals surface area contributed by atoms with Crippen LogP contribution in [0.3, 0.4) is 0 Å². The van der Waals surface area contributed by atoms with E-state index in [1.807, 2.05) is 0 Å². The highest BCUT2D eigenvalue weighted by molar-refractivity contribution is 9.10. The smallest absolute Gasteiger partial charge is 0.0803 e. The van der Waals surface area contributed by atoms with E-state index < -0.39 is 0 Å². The van der Waals surface area contributed by atoms with Gasteiger partial charge < -0.3 is 47.1 Å². The van der Waals surface area contributed by atoms with E-state index >= 15 is 0 Å². The van der Waals surface area contributed by atoms with Gasteiger partial charge in [0, 0.05) is 153 Å². The molecule has 0 radical (unpaired) electrons. The number of benzene rings is 23. The zero-order valence-corrected chi connectivity index (χ0v) is 83.3. The van der Waals surface area contributed by atoms with Crippen LogP contribution in [0.1, 0.15) is 0 Å². The van der Waals surface area contributed by atoms with Gasteiger partial charge >= 0.3 is 0 Å². The second kappa shape index (κ2) is 36.3. The number of aromatic nitrogens is 7. The number of hydrogen-bond donors (Lipinski definition) is 1. The number of fused-ring (bicyclic) bond motifs is 22. The lowest BCUT2D eigenvalue weighted by Gasteiger charge is -2.28. The number of para-hydroxylation sites is 10. The Bertz CT molecular complexity index is 9830. The fraction of sp³-hybridized carbons (Fsp3) is 0. The molecular formula is C136H90Br2N10. The maximum atomic E-state index is 3.68. The molecule has 1 N–H and O–H groups in total. The molecular weight excluding hydrogens is 1930 g/mol. The lowest BCUT2D eigenvalue weighted by Crippen LogP contribution is -2.11. The predicted octanol–water partition coefficient (Wildman–Crippen LogP) is 38.1. The summed E-state index contributed by atoms with van der Waals surface area (Å²) in [5, 5.41) is 23.0. The van der Waals surface area contributed by atoms with E-state index in [-0.39, 0.29) is 0 Å². The number of halogens is 2. The van der Waals surface area contributed by atoms with E-state index in [2.05, 4.69) is 619 Å². The molecule has 30 aromatic rings. The minimum Gasteiger partial charge on any atom is -0.355 e. The highest BCUT2D eigenvalue weighted by Crippen LogP contribution is 2.51. The third kappa shape index (κ3) is 14.6. The first kappa shape index (κ1) is 87.1. The highest BCUT2D eigenvalue weighted by Gasteiger charge is 2.30.